The van der Waals surface area contributed by atoms with Crippen molar-refractivity contribution in [1.29, 1.82) is 5.41 Å². The molecule has 0 radical (unpaired) electrons. The molecule has 0 spiro atoms. The van der Waals surface area contributed by atoms with E-state index in [1.54, 1.807) is 0 Å². The van der Waals surface area contributed by atoms with Crippen LogP contribution in [0.1, 0.15) is 79.1 Å². The van der Waals surface area contributed by atoms with Crippen LogP contribution in [0.25, 0.3) is 0 Å². The van der Waals surface area contributed by atoms with Gasteiger partial charge in [-0.3, -0.25) is 9.59 Å². The van der Waals surface area contributed by atoms with Gasteiger partial charge < -0.3 is 10.1 Å². The lowest BCUT2D eigenvalue weighted by molar-refractivity contribution is -0.144. The lowest BCUT2D eigenvalue weighted by Gasteiger charge is -2.60. The van der Waals surface area contributed by atoms with Crippen molar-refractivity contribution >= 4 is 17.5 Å². The van der Waals surface area contributed by atoms with Crippen molar-refractivity contribution in [2.24, 2.45) is 46.3 Å². The average molecular weight is 388 g/mol. The van der Waals surface area contributed by atoms with Gasteiger partial charge in [-0.2, -0.15) is 0 Å². The fourth-order valence-corrected chi connectivity index (χ4v) is 8.34. The SMILES string of the molecule is CC(=O)OC[C@@H](C)[C@H]1CC[C@H]2[C@@H]3CCC4C(=N)C(=O)CC[C@]4(C)[C@H]3CC[C@]12C. The third kappa shape index (κ3) is 2.89. The first-order valence-corrected chi connectivity index (χ1v) is 11.4. The zero-order chi connectivity index (χ0) is 20.3. The number of ether oxygens (including phenoxy) is 1. The van der Waals surface area contributed by atoms with Crippen molar-refractivity contribution in [2.75, 3.05) is 6.61 Å². The molecule has 4 fully saturated rings. The van der Waals surface area contributed by atoms with Crippen LogP contribution in [-0.4, -0.2) is 24.1 Å². The number of carbonyl (C=O) groups is 2. The van der Waals surface area contributed by atoms with Gasteiger partial charge >= 0.3 is 5.97 Å². The number of hydrogen-bond acceptors (Lipinski definition) is 4. The topological polar surface area (TPSA) is 67.2 Å². The third-order valence-corrected chi connectivity index (χ3v) is 9.72. The molecule has 4 aliphatic carbocycles. The number of carbonyl (C=O) groups excluding carboxylic acids is 2. The Kier molecular flexibility index (Phi) is 4.99. The standard InChI is InChI=1S/C24H37NO3/c1-14(13-28-15(2)26)17-7-8-18-16-5-6-20-22(25)21(27)10-12-24(20,4)19(16)9-11-23(17,18)3/h14,16-20,25H,5-13H2,1-4H3/t14-,16+,17-,18+,19+,20?,23-,24-/m1/s1. The molecular formula is C24H37NO3. The number of ketones is 1. The van der Waals surface area contributed by atoms with E-state index >= 15 is 0 Å². The molecular weight excluding hydrogens is 350 g/mol. The highest BCUT2D eigenvalue weighted by Gasteiger charge is 2.61. The monoisotopic (exact) mass is 387 g/mol. The van der Waals surface area contributed by atoms with Crippen LogP contribution < -0.4 is 0 Å². The summed E-state index contributed by atoms with van der Waals surface area (Å²) in [5.74, 6) is 3.34. The van der Waals surface area contributed by atoms with Crippen LogP contribution in [0.4, 0.5) is 0 Å². The normalized spacial score (nSPS) is 46.4. The Hall–Kier alpha value is -1.19. The van der Waals surface area contributed by atoms with E-state index in [2.05, 4.69) is 20.8 Å². The van der Waals surface area contributed by atoms with E-state index in [4.69, 9.17) is 10.1 Å². The number of rotatable bonds is 3. The summed E-state index contributed by atoms with van der Waals surface area (Å²) in [6.07, 6.45) is 8.81. The second kappa shape index (κ2) is 6.95. The fourth-order valence-electron chi connectivity index (χ4n) is 8.34. The molecule has 4 heteroatoms. The van der Waals surface area contributed by atoms with Crippen molar-refractivity contribution in [3.05, 3.63) is 0 Å². The molecule has 0 heterocycles. The molecule has 8 atom stereocenters. The summed E-state index contributed by atoms with van der Waals surface area (Å²) < 4.78 is 5.36. The van der Waals surface area contributed by atoms with Crippen LogP contribution in [0.2, 0.25) is 0 Å². The van der Waals surface area contributed by atoms with Crippen LogP contribution in [0.15, 0.2) is 0 Å². The van der Waals surface area contributed by atoms with E-state index in [1.807, 2.05) is 0 Å². The first-order chi connectivity index (χ1) is 13.2. The number of nitrogens with one attached hydrogen (secondary N) is 1. The van der Waals surface area contributed by atoms with Gasteiger partial charge in [0.1, 0.15) is 0 Å². The van der Waals surface area contributed by atoms with Gasteiger partial charge in [0.25, 0.3) is 0 Å². The highest BCUT2D eigenvalue weighted by Crippen LogP contribution is 2.67. The summed E-state index contributed by atoms with van der Waals surface area (Å²) in [4.78, 5) is 23.4. The Bertz CT molecular complexity index is 687. The Morgan fingerprint density at radius 3 is 2.54 bits per heavy atom. The van der Waals surface area contributed by atoms with Gasteiger partial charge in [-0.25, -0.2) is 0 Å². The summed E-state index contributed by atoms with van der Waals surface area (Å²) in [5, 5.41) is 8.41. The molecule has 156 valence electrons. The fraction of sp³-hybridized carbons (Fsp3) is 0.875. The maximum atomic E-state index is 12.2. The van der Waals surface area contributed by atoms with E-state index in [0.717, 1.165) is 24.7 Å². The molecule has 4 aliphatic rings. The van der Waals surface area contributed by atoms with Crippen LogP contribution in [0, 0.1) is 51.7 Å². The van der Waals surface area contributed by atoms with Gasteiger partial charge in [0.15, 0.2) is 5.78 Å². The van der Waals surface area contributed by atoms with Crippen molar-refractivity contribution in [3.63, 3.8) is 0 Å². The summed E-state index contributed by atoms with van der Waals surface area (Å²) in [5.41, 5.74) is 0.929. The van der Waals surface area contributed by atoms with E-state index in [-0.39, 0.29) is 23.1 Å². The zero-order valence-electron chi connectivity index (χ0n) is 18.1. The molecule has 4 rings (SSSR count). The lowest BCUT2D eigenvalue weighted by Crippen LogP contribution is -2.56. The Balaban J connectivity index is 1.54. The summed E-state index contributed by atoms with van der Waals surface area (Å²) in [6.45, 7) is 9.22. The van der Waals surface area contributed by atoms with Gasteiger partial charge in [-0.1, -0.05) is 20.8 Å². The molecule has 0 saturated heterocycles. The van der Waals surface area contributed by atoms with Gasteiger partial charge in [0.05, 0.1) is 12.3 Å². The van der Waals surface area contributed by atoms with Gasteiger partial charge in [0, 0.05) is 19.3 Å². The average Bonchev–Trinajstić information content (AvgIpc) is 3.00. The Labute approximate surface area is 169 Å². The van der Waals surface area contributed by atoms with Gasteiger partial charge in [-0.15, -0.1) is 0 Å². The quantitative estimate of drug-likeness (QED) is 0.690. The molecule has 1 unspecified atom stereocenters. The van der Waals surface area contributed by atoms with Crippen LogP contribution in [0.3, 0.4) is 0 Å². The highest BCUT2D eigenvalue weighted by molar-refractivity contribution is 6.40. The molecule has 0 amide bonds. The number of fused-ring (bicyclic) bond motifs is 5. The Morgan fingerprint density at radius 1 is 1.11 bits per heavy atom. The number of esters is 1. The molecule has 0 aromatic rings. The van der Waals surface area contributed by atoms with Crippen molar-refractivity contribution in [1.82, 2.24) is 0 Å². The molecule has 0 aromatic carbocycles. The largest absolute Gasteiger partial charge is 0.466 e. The van der Waals surface area contributed by atoms with Crippen molar-refractivity contribution in [3.8, 4) is 0 Å². The molecule has 4 nitrogen and oxygen atoms in total. The summed E-state index contributed by atoms with van der Waals surface area (Å²) in [6, 6.07) is 0. The molecule has 4 saturated carbocycles. The predicted molar refractivity (Wildman–Crippen MR) is 109 cm³/mol. The van der Waals surface area contributed by atoms with E-state index in [0.29, 0.717) is 41.9 Å². The first-order valence-electron chi connectivity index (χ1n) is 11.4. The van der Waals surface area contributed by atoms with E-state index < -0.39 is 0 Å². The third-order valence-electron chi connectivity index (χ3n) is 9.72. The van der Waals surface area contributed by atoms with Gasteiger partial charge in [0.2, 0.25) is 0 Å². The van der Waals surface area contributed by atoms with Crippen molar-refractivity contribution in [2.45, 2.75) is 79.1 Å². The minimum absolute atomic E-state index is 0.0989. The predicted octanol–water partition coefficient (Wildman–Crippen LogP) is 5.04. The highest BCUT2D eigenvalue weighted by atomic mass is 16.5. The summed E-state index contributed by atoms with van der Waals surface area (Å²) >= 11 is 0. The van der Waals surface area contributed by atoms with Gasteiger partial charge in [-0.05, 0) is 85.4 Å². The maximum absolute atomic E-state index is 12.2. The first kappa shape index (κ1) is 20.1. The smallest absolute Gasteiger partial charge is 0.302 e. The van der Waals surface area contributed by atoms with E-state index in [1.165, 1.54) is 39.0 Å². The molecule has 28 heavy (non-hydrogen) atoms. The van der Waals surface area contributed by atoms with Crippen LogP contribution in [-0.2, 0) is 14.3 Å². The maximum Gasteiger partial charge on any atom is 0.302 e. The number of Topliss-reactive ketones (excluding diaryl/α,β-unsaturated/α-hetero) is 1. The summed E-state index contributed by atoms with van der Waals surface area (Å²) in [7, 11) is 0. The molecule has 0 bridgehead atoms. The van der Waals surface area contributed by atoms with Crippen molar-refractivity contribution < 1.29 is 14.3 Å². The molecule has 1 N–H and O–H groups in total. The minimum Gasteiger partial charge on any atom is -0.466 e. The van der Waals surface area contributed by atoms with Crippen LogP contribution in [0.5, 0.6) is 0 Å². The molecule has 0 aliphatic heterocycles. The van der Waals surface area contributed by atoms with E-state index in [9.17, 15) is 9.59 Å². The minimum atomic E-state index is -0.171. The Morgan fingerprint density at radius 2 is 1.82 bits per heavy atom. The molecule has 0 aromatic heterocycles. The number of hydrogen-bond donors (Lipinski definition) is 1. The lowest BCUT2D eigenvalue weighted by atomic mass is 9.44. The zero-order valence-corrected chi connectivity index (χ0v) is 18.1. The van der Waals surface area contributed by atoms with Crippen LogP contribution >= 0.6 is 0 Å². The second-order valence-corrected chi connectivity index (χ2v) is 10.9. The second-order valence-electron chi connectivity index (χ2n) is 10.9.